The molecule has 3 aromatic rings. The largest absolute Gasteiger partial charge is 0.493 e. The fourth-order valence-electron chi connectivity index (χ4n) is 4.17. The molecule has 212 valence electrons. The lowest BCUT2D eigenvalue weighted by atomic mass is 10.2. The van der Waals surface area contributed by atoms with E-state index in [1.165, 1.54) is 16.2 Å². The standard InChI is InChI=1S/C27H37N5O7/c1-7-31-25-24(26(34)32(8-2)27(31)35)29(3)22(28-25)12-10-19-9-11-20(21(17-19)38-6)39-18-23(33)30(13-15-36-4)14-16-37-5/h9-12,17H,7-8,13-16,18H2,1-6H3/b12-10+. The number of aromatic nitrogens is 4. The van der Waals surface area contributed by atoms with Crippen LogP contribution in [0.15, 0.2) is 27.8 Å². The van der Waals surface area contributed by atoms with Gasteiger partial charge in [0.15, 0.2) is 29.3 Å². The summed E-state index contributed by atoms with van der Waals surface area (Å²) in [5.74, 6) is 1.22. The average molecular weight is 544 g/mol. The lowest BCUT2D eigenvalue weighted by Gasteiger charge is -2.22. The number of hydrogen-bond acceptors (Lipinski definition) is 8. The molecule has 2 aromatic heterocycles. The normalized spacial score (nSPS) is 11.4. The van der Waals surface area contributed by atoms with E-state index < -0.39 is 0 Å². The first kappa shape index (κ1) is 29.7. The molecule has 0 saturated heterocycles. The Morgan fingerprint density at radius 1 is 0.974 bits per heavy atom. The third kappa shape index (κ3) is 6.58. The third-order valence-electron chi connectivity index (χ3n) is 6.36. The van der Waals surface area contributed by atoms with Crippen molar-refractivity contribution in [2.24, 2.45) is 7.05 Å². The van der Waals surface area contributed by atoms with E-state index >= 15 is 0 Å². The van der Waals surface area contributed by atoms with Gasteiger partial charge in [-0.3, -0.25) is 18.7 Å². The molecular formula is C27H37N5O7. The van der Waals surface area contributed by atoms with Crippen LogP contribution in [0.25, 0.3) is 23.3 Å². The molecule has 0 spiro atoms. The summed E-state index contributed by atoms with van der Waals surface area (Å²) in [5, 5.41) is 0. The molecule has 12 nitrogen and oxygen atoms in total. The summed E-state index contributed by atoms with van der Waals surface area (Å²) < 4.78 is 25.8. The van der Waals surface area contributed by atoms with E-state index in [4.69, 9.17) is 18.9 Å². The van der Waals surface area contributed by atoms with Crippen molar-refractivity contribution >= 4 is 29.2 Å². The van der Waals surface area contributed by atoms with Gasteiger partial charge in [0, 0.05) is 47.4 Å². The summed E-state index contributed by atoms with van der Waals surface area (Å²) in [7, 11) is 6.43. The second-order valence-corrected chi connectivity index (χ2v) is 8.68. The van der Waals surface area contributed by atoms with Crippen molar-refractivity contribution in [3.63, 3.8) is 0 Å². The lowest BCUT2D eigenvalue weighted by Crippen LogP contribution is -2.39. The first-order chi connectivity index (χ1) is 18.8. The summed E-state index contributed by atoms with van der Waals surface area (Å²) >= 11 is 0. The van der Waals surface area contributed by atoms with E-state index in [0.29, 0.717) is 61.3 Å². The fourth-order valence-corrected chi connectivity index (χ4v) is 4.17. The van der Waals surface area contributed by atoms with Crippen molar-refractivity contribution in [3.05, 3.63) is 50.4 Å². The van der Waals surface area contributed by atoms with E-state index in [1.54, 1.807) is 55.9 Å². The number of hydrogen-bond donors (Lipinski definition) is 0. The molecule has 12 heteroatoms. The van der Waals surface area contributed by atoms with Gasteiger partial charge in [0.25, 0.3) is 11.5 Å². The Balaban J connectivity index is 1.82. The predicted molar refractivity (Wildman–Crippen MR) is 148 cm³/mol. The Morgan fingerprint density at radius 3 is 2.23 bits per heavy atom. The Kier molecular flexibility index (Phi) is 10.5. The minimum Gasteiger partial charge on any atom is -0.493 e. The van der Waals surface area contributed by atoms with Gasteiger partial charge in [-0.15, -0.1) is 0 Å². The molecule has 0 fully saturated rings. The maximum absolute atomic E-state index is 12.9. The first-order valence-corrected chi connectivity index (χ1v) is 12.8. The topological polar surface area (TPSA) is 119 Å². The van der Waals surface area contributed by atoms with Crippen LogP contribution in [0.4, 0.5) is 0 Å². The Morgan fingerprint density at radius 2 is 1.64 bits per heavy atom. The zero-order valence-corrected chi connectivity index (χ0v) is 23.4. The molecule has 0 unspecified atom stereocenters. The lowest BCUT2D eigenvalue weighted by molar-refractivity contribution is -0.134. The van der Waals surface area contributed by atoms with Crippen LogP contribution in [0.5, 0.6) is 11.5 Å². The molecule has 0 aliphatic rings. The first-order valence-electron chi connectivity index (χ1n) is 12.8. The number of carbonyl (C=O) groups excluding carboxylic acids is 1. The minimum atomic E-state index is -0.370. The Hall–Kier alpha value is -3.90. The predicted octanol–water partition coefficient (Wildman–Crippen LogP) is 1.62. The maximum atomic E-state index is 12.9. The molecule has 1 aromatic carbocycles. The van der Waals surface area contributed by atoms with E-state index in [-0.39, 0.29) is 30.3 Å². The van der Waals surface area contributed by atoms with Crippen molar-refractivity contribution in [2.45, 2.75) is 26.9 Å². The second kappa shape index (κ2) is 13.8. The molecule has 0 aliphatic carbocycles. The Labute approximate surface area is 227 Å². The summed E-state index contributed by atoms with van der Waals surface area (Å²) in [6.45, 7) is 5.82. The van der Waals surface area contributed by atoms with Gasteiger partial charge >= 0.3 is 5.69 Å². The molecule has 0 aliphatic heterocycles. The highest BCUT2D eigenvalue weighted by Gasteiger charge is 2.18. The van der Waals surface area contributed by atoms with Crippen molar-refractivity contribution < 1.29 is 23.7 Å². The van der Waals surface area contributed by atoms with Crippen LogP contribution in [0.3, 0.4) is 0 Å². The number of rotatable bonds is 14. The number of amides is 1. The van der Waals surface area contributed by atoms with Crippen LogP contribution in [-0.2, 0) is 34.4 Å². The number of ether oxygens (including phenoxy) is 4. The Bertz CT molecular complexity index is 1430. The molecule has 3 rings (SSSR count). The van der Waals surface area contributed by atoms with Crippen molar-refractivity contribution in [2.75, 3.05) is 54.2 Å². The monoisotopic (exact) mass is 543 g/mol. The van der Waals surface area contributed by atoms with E-state index in [1.807, 2.05) is 19.1 Å². The van der Waals surface area contributed by atoms with Gasteiger partial charge in [0.05, 0.1) is 20.3 Å². The zero-order chi connectivity index (χ0) is 28.5. The average Bonchev–Trinajstić information content (AvgIpc) is 3.27. The molecule has 0 saturated carbocycles. The summed E-state index contributed by atoms with van der Waals surface area (Å²) in [6, 6.07) is 5.32. The third-order valence-corrected chi connectivity index (χ3v) is 6.36. The molecular weight excluding hydrogens is 506 g/mol. The van der Waals surface area contributed by atoms with Crippen LogP contribution in [-0.4, -0.2) is 83.7 Å². The number of benzene rings is 1. The summed E-state index contributed by atoms with van der Waals surface area (Å²) in [6.07, 6.45) is 3.59. The van der Waals surface area contributed by atoms with Crippen molar-refractivity contribution in [3.8, 4) is 11.5 Å². The SMILES string of the molecule is CCn1c(=O)c2c(nc(/C=C/c3ccc(OCC(=O)N(CCOC)CCOC)c(OC)c3)n2C)n(CC)c1=O. The van der Waals surface area contributed by atoms with Crippen LogP contribution < -0.4 is 20.7 Å². The van der Waals surface area contributed by atoms with Crippen molar-refractivity contribution in [1.82, 2.24) is 23.6 Å². The highest BCUT2D eigenvalue weighted by molar-refractivity contribution is 5.78. The molecule has 39 heavy (non-hydrogen) atoms. The van der Waals surface area contributed by atoms with Gasteiger partial charge in [-0.25, -0.2) is 9.78 Å². The summed E-state index contributed by atoms with van der Waals surface area (Å²) in [5.41, 5.74) is 0.783. The molecule has 0 N–H and O–H groups in total. The van der Waals surface area contributed by atoms with Gasteiger partial charge in [0.1, 0.15) is 5.82 Å². The zero-order valence-electron chi connectivity index (χ0n) is 23.4. The number of methoxy groups -OCH3 is 3. The highest BCUT2D eigenvalue weighted by Crippen LogP contribution is 2.29. The van der Waals surface area contributed by atoms with E-state index in [9.17, 15) is 14.4 Å². The van der Waals surface area contributed by atoms with Gasteiger partial charge in [-0.1, -0.05) is 12.1 Å². The fraction of sp³-hybridized carbons (Fsp3) is 0.481. The van der Waals surface area contributed by atoms with Gasteiger partial charge in [-0.2, -0.15) is 0 Å². The highest BCUT2D eigenvalue weighted by atomic mass is 16.5. The number of fused-ring (bicyclic) bond motifs is 1. The van der Waals surface area contributed by atoms with Crippen molar-refractivity contribution in [1.29, 1.82) is 0 Å². The second-order valence-electron chi connectivity index (χ2n) is 8.68. The smallest absolute Gasteiger partial charge is 0.332 e. The summed E-state index contributed by atoms with van der Waals surface area (Å²) in [4.78, 5) is 44.5. The number of imidazole rings is 1. The van der Waals surface area contributed by atoms with E-state index in [0.717, 1.165) is 5.56 Å². The molecule has 2 heterocycles. The number of aryl methyl sites for hydroxylation is 2. The van der Waals surface area contributed by atoms with Crippen LogP contribution in [0, 0.1) is 0 Å². The number of nitrogens with zero attached hydrogens (tertiary/aromatic N) is 5. The minimum absolute atomic E-state index is 0.159. The quantitative estimate of drug-likeness (QED) is 0.301. The molecule has 0 bridgehead atoms. The van der Waals surface area contributed by atoms with E-state index in [2.05, 4.69) is 4.98 Å². The van der Waals surface area contributed by atoms with Crippen LogP contribution in [0.1, 0.15) is 25.2 Å². The maximum Gasteiger partial charge on any atom is 0.332 e. The molecule has 0 atom stereocenters. The van der Waals surface area contributed by atoms with Crippen LogP contribution >= 0.6 is 0 Å². The number of carbonyl (C=O) groups is 1. The van der Waals surface area contributed by atoms with Gasteiger partial charge in [-0.05, 0) is 37.6 Å². The van der Waals surface area contributed by atoms with Gasteiger partial charge in [0.2, 0.25) is 0 Å². The molecule has 0 radical (unpaired) electrons. The molecule has 1 amide bonds. The van der Waals surface area contributed by atoms with Crippen LogP contribution in [0.2, 0.25) is 0 Å². The van der Waals surface area contributed by atoms with Gasteiger partial charge < -0.3 is 28.4 Å².